The van der Waals surface area contributed by atoms with Crippen LogP contribution in [0.15, 0.2) is 71.3 Å². The molecule has 1 aromatic carbocycles. The molecule has 1 atom stereocenters. The summed E-state index contributed by atoms with van der Waals surface area (Å²) in [6, 6.07) is 8.71. The molecular weight excluding hydrogens is 470 g/mol. The molecule has 1 aliphatic heterocycles. The zero-order valence-electron chi connectivity index (χ0n) is 20.0. The number of carbonyl (C=O) groups is 3. The molecule has 0 radical (unpaired) electrons. The van der Waals surface area contributed by atoms with Crippen LogP contribution in [0.5, 0.6) is 0 Å². The van der Waals surface area contributed by atoms with E-state index in [1.807, 2.05) is 0 Å². The number of hydrogen-bond donors (Lipinski definition) is 1. The van der Waals surface area contributed by atoms with Crippen molar-refractivity contribution in [1.29, 1.82) is 0 Å². The number of allylic oxidation sites excluding steroid dienone is 1. The van der Waals surface area contributed by atoms with Gasteiger partial charge in [-0.25, -0.2) is 14.4 Å². The van der Waals surface area contributed by atoms with Gasteiger partial charge < -0.3 is 19.5 Å². The quantitative estimate of drug-likeness (QED) is 0.238. The standard InChI is InChI=1S/C25H25N3O8/c1-4-34-24(30)20-15(3)27-19(14-36-23(29)17-9-7-11-26-13-17)22(25(31)35-5-2)21(20)16-8-6-10-18(12-16)28(32)33/h6-13,21,27H,4-5,14H2,1-3H3. The van der Waals surface area contributed by atoms with E-state index in [0.29, 0.717) is 11.3 Å². The molecule has 188 valence electrons. The van der Waals surface area contributed by atoms with Gasteiger partial charge in [-0.05, 0) is 38.5 Å². The summed E-state index contributed by atoms with van der Waals surface area (Å²) in [5, 5.41) is 14.4. The van der Waals surface area contributed by atoms with Crippen LogP contribution in [0.1, 0.15) is 42.6 Å². The summed E-state index contributed by atoms with van der Waals surface area (Å²) in [6.07, 6.45) is 2.85. The Morgan fingerprint density at radius 3 is 2.31 bits per heavy atom. The summed E-state index contributed by atoms with van der Waals surface area (Å²) in [5.74, 6) is -3.22. The lowest BCUT2D eigenvalue weighted by atomic mass is 9.80. The molecule has 0 fully saturated rings. The van der Waals surface area contributed by atoms with Crippen LogP contribution in [0.25, 0.3) is 0 Å². The zero-order valence-corrected chi connectivity index (χ0v) is 20.0. The third-order valence-corrected chi connectivity index (χ3v) is 5.29. The Bertz CT molecular complexity index is 1240. The molecule has 2 aromatic rings. The number of nitro groups is 1. The zero-order chi connectivity index (χ0) is 26.2. The van der Waals surface area contributed by atoms with E-state index in [1.54, 1.807) is 32.9 Å². The maximum Gasteiger partial charge on any atom is 0.340 e. The first kappa shape index (κ1) is 26.1. The molecule has 0 saturated heterocycles. The lowest BCUT2D eigenvalue weighted by Crippen LogP contribution is -2.35. The van der Waals surface area contributed by atoms with Gasteiger partial charge in [-0.1, -0.05) is 12.1 Å². The smallest absolute Gasteiger partial charge is 0.340 e. The number of aromatic nitrogens is 1. The Balaban J connectivity index is 2.13. The van der Waals surface area contributed by atoms with Gasteiger partial charge in [-0.2, -0.15) is 0 Å². The predicted molar refractivity (Wildman–Crippen MR) is 126 cm³/mol. The van der Waals surface area contributed by atoms with Crippen molar-refractivity contribution in [1.82, 2.24) is 10.3 Å². The summed E-state index contributed by atoms with van der Waals surface area (Å²) in [7, 11) is 0. The summed E-state index contributed by atoms with van der Waals surface area (Å²) >= 11 is 0. The monoisotopic (exact) mass is 495 g/mol. The molecule has 36 heavy (non-hydrogen) atoms. The molecule has 1 aromatic heterocycles. The predicted octanol–water partition coefficient (Wildman–Crippen LogP) is 3.19. The Morgan fingerprint density at radius 1 is 1.00 bits per heavy atom. The van der Waals surface area contributed by atoms with E-state index in [1.165, 1.54) is 36.7 Å². The number of hydrogen-bond acceptors (Lipinski definition) is 10. The van der Waals surface area contributed by atoms with Crippen LogP contribution >= 0.6 is 0 Å². The van der Waals surface area contributed by atoms with E-state index < -0.39 is 28.7 Å². The average molecular weight is 495 g/mol. The van der Waals surface area contributed by atoms with E-state index in [2.05, 4.69) is 10.3 Å². The van der Waals surface area contributed by atoms with E-state index in [0.717, 1.165) is 0 Å². The fraction of sp³-hybridized carbons (Fsp3) is 0.280. The normalized spacial score (nSPS) is 15.1. The number of nitrogens with one attached hydrogen (secondary N) is 1. The third-order valence-electron chi connectivity index (χ3n) is 5.29. The Labute approximate surface area is 206 Å². The van der Waals surface area contributed by atoms with Crippen molar-refractivity contribution in [2.24, 2.45) is 0 Å². The number of dihydropyridines is 1. The van der Waals surface area contributed by atoms with Crippen LogP contribution in [0.4, 0.5) is 5.69 Å². The topological polar surface area (TPSA) is 147 Å². The van der Waals surface area contributed by atoms with Crippen LogP contribution in [-0.2, 0) is 23.8 Å². The molecule has 3 rings (SSSR count). The van der Waals surface area contributed by atoms with Crippen LogP contribution in [-0.4, -0.2) is 47.6 Å². The number of benzene rings is 1. The summed E-state index contributed by atoms with van der Waals surface area (Å²) in [4.78, 5) is 53.4. The Morgan fingerprint density at radius 2 is 1.69 bits per heavy atom. The number of carbonyl (C=O) groups excluding carboxylic acids is 3. The lowest BCUT2D eigenvalue weighted by molar-refractivity contribution is -0.384. The fourth-order valence-electron chi connectivity index (χ4n) is 3.80. The Kier molecular flexibility index (Phi) is 8.50. The summed E-state index contributed by atoms with van der Waals surface area (Å²) in [5.41, 5.74) is 0.860. The minimum Gasteiger partial charge on any atom is -0.463 e. The van der Waals surface area contributed by atoms with Gasteiger partial charge in [0, 0.05) is 30.2 Å². The number of rotatable bonds is 9. The Hall–Kier alpha value is -4.54. The van der Waals surface area contributed by atoms with Crippen LogP contribution in [0.2, 0.25) is 0 Å². The molecule has 1 unspecified atom stereocenters. The first-order valence-corrected chi connectivity index (χ1v) is 11.1. The van der Waals surface area contributed by atoms with Crippen molar-refractivity contribution < 1.29 is 33.5 Å². The van der Waals surface area contributed by atoms with E-state index in [9.17, 15) is 24.5 Å². The lowest BCUT2D eigenvalue weighted by Gasteiger charge is -2.31. The van der Waals surface area contributed by atoms with Crippen molar-refractivity contribution in [2.75, 3.05) is 19.8 Å². The van der Waals surface area contributed by atoms with Crippen molar-refractivity contribution in [3.8, 4) is 0 Å². The molecule has 2 heterocycles. The second-order valence-electron chi connectivity index (χ2n) is 7.60. The largest absolute Gasteiger partial charge is 0.463 e. The first-order chi connectivity index (χ1) is 17.3. The van der Waals surface area contributed by atoms with Gasteiger partial charge in [-0.3, -0.25) is 15.1 Å². The highest BCUT2D eigenvalue weighted by Crippen LogP contribution is 2.40. The van der Waals surface area contributed by atoms with Crippen molar-refractivity contribution in [2.45, 2.75) is 26.7 Å². The molecular formula is C25H25N3O8. The highest BCUT2D eigenvalue weighted by Gasteiger charge is 2.39. The van der Waals surface area contributed by atoms with Gasteiger partial charge in [0.05, 0.1) is 46.5 Å². The highest BCUT2D eigenvalue weighted by atomic mass is 16.6. The molecule has 0 amide bonds. The van der Waals surface area contributed by atoms with Crippen molar-refractivity contribution in [3.05, 3.63) is 92.6 Å². The molecule has 11 heteroatoms. The van der Waals surface area contributed by atoms with Gasteiger partial charge >= 0.3 is 17.9 Å². The number of nitro benzene ring substituents is 1. The van der Waals surface area contributed by atoms with E-state index in [-0.39, 0.29) is 47.9 Å². The number of nitrogens with zero attached hydrogens (tertiary/aromatic N) is 2. The van der Waals surface area contributed by atoms with Gasteiger partial charge in [0.15, 0.2) is 0 Å². The highest BCUT2D eigenvalue weighted by molar-refractivity contribution is 6.00. The van der Waals surface area contributed by atoms with Crippen LogP contribution in [0.3, 0.4) is 0 Å². The molecule has 11 nitrogen and oxygen atoms in total. The van der Waals surface area contributed by atoms with Crippen LogP contribution in [0, 0.1) is 10.1 Å². The van der Waals surface area contributed by atoms with Gasteiger partial charge in [0.1, 0.15) is 6.61 Å². The molecule has 0 spiro atoms. The number of esters is 3. The van der Waals surface area contributed by atoms with E-state index >= 15 is 0 Å². The molecule has 0 aliphatic carbocycles. The van der Waals surface area contributed by atoms with Gasteiger partial charge in [0.2, 0.25) is 0 Å². The second kappa shape index (κ2) is 11.7. The number of pyridine rings is 1. The van der Waals surface area contributed by atoms with Gasteiger partial charge in [0.25, 0.3) is 5.69 Å². The SMILES string of the molecule is CCOC(=O)C1=C(C)NC(COC(=O)c2cccnc2)=C(C(=O)OCC)C1c1cccc([N+](=O)[O-])c1. The second-order valence-corrected chi connectivity index (χ2v) is 7.60. The van der Waals surface area contributed by atoms with Crippen molar-refractivity contribution >= 4 is 23.6 Å². The minimum atomic E-state index is -1.07. The molecule has 1 aliphatic rings. The maximum atomic E-state index is 13.2. The maximum absolute atomic E-state index is 13.2. The molecule has 1 N–H and O–H groups in total. The summed E-state index contributed by atoms with van der Waals surface area (Å²) in [6.45, 7) is 4.60. The number of non-ortho nitro benzene ring substituents is 1. The number of ether oxygens (including phenoxy) is 3. The minimum absolute atomic E-state index is 0.0232. The first-order valence-electron chi connectivity index (χ1n) is 11.1. The van der Waals surface area contributed by atoms with Gasteiger partial charge in [-0.15, -0.1) is 0 Å². The van der Waals surface area contributed by atoms with Crippen molar-refractivity contribution in [3.63, 3.8) is 0 Å². The third kappa shape index (κ3) is 5.74. The molecule has 0 saturated carbocycles. The summed E-state index contributed by atoms with van der Waals surface area (Å²) < 4.78 is 15.9. The fourth-order valence-corrected chi connectivity index (χ4v) is 3.80. The van der Waals surface area contributed by atoms with E-state index in [4.69, 9.17) is 14.2 Å². The van der Waals surface area contributed by atoms with Crippen LogP contribution < -0.4 is 5.32 Å². The molecule has 0 bridgehead atoms. The average Bonchev–Trinajstić information content (AvgIpc) is 2.87.